The summed E-state index contributed by atoms with van der Waals surface area (Å²) in [5.41, 5.74) is 0.915. The van der Waals surface area contributed by atoms with E-state index in [1.165, 1.54) is 17.0 Å². The lowest BCUT2D eigenvalue weighted by Crippen LogP contribution is -2.39. The third kappa shape index (κ3) is 7.25. The molecule has 2 N–H and O–H groups in total. The van der Waals surface area contributed by atoms with Crippen LogP contribution in [-0.4, -0.2) is 31.1 Å². The maximum Gasteiger partial charge on any atom is 0.191 e. The van der Waals surface area contributed by atoms with Crippen LogP contribution in [0.25, 0.3) is 0 Å². The number of rotatable bonds is 7. The summed E-state index contributed by atoms with van der Waals surface area (Å²) in [4.78, 5) is 10.0. The molecule has 0 aliphatic rings. The van der Waals surface area contributed by atoms with Crippen molar-refractivity contribution in [2.75, 3.05) is 20.2 Å². The SMILES string of the molecule is CCNC(=NCc1ncc(C)s1)NCC(OC)c1ccc(F)cc1.I. The number of hydrogen-bond acceptors (Lipinski definition) is 4. The van der Waals surface area contributed by atoms with Crippen LogP contribution < -0.4 is 10.6 Å². The molecule has 1 aromatic carbocycles. The van der Waals surface area contributed by atoms with E-state index in [1.54, 1.807) is 30.6 Å². The molecule has 2 rings (SSSR count). The van der Waals surface area contributed by atoms with Gasteiger partial charge < -0.3 is 15.4 Å². The van der Waals surface area contributed by atoms with Crippen LogP contribution in [0.3, 0.4) is 0 Å². The van der Waals surface area contributed by atoms with Crippen molar-refractivity contribution in [3.8, 4) is 0 Å². The Morgan fingerprint density at radius 2 is 2.04 bits per heavy atom. The maximum absolute atomic E-state index is 13.0. The zero-order valence-corrected chi connectivity index (χ0v) is 17.7. The van der Waals surface area contributed by atoms with E-state index in [1.807, 2.05) is 20.0 Å². The fourth-order valence-electron chi connectivity index (χ4n) is 2.17. The highest BCUT2D eigenvalue weighted by molar-refractivity contribution is 14.0. The molecule has 25 heavy (non-hydrogen) atoms. The van der Waals surface area contributed by atoms with Gasteiger partial charge in [0.05, 0.1) is 12.6 Å². The first kappa shape index (κ1) is 21.8. The third-order valence-corrected chi connectivity index (χ3v) is 4.26. The molecular formula is C17H24FIN4OS. The van der Waals surface area contributed by atoms with E-state index < -0.39 is 0 Å². The van der Waals surface area contributed by atoms with Crippen molar-refractivity contribution >= 4 is 41.3 Å². The summed E-state index contributed by atoms with van der Waals surface area (Å²) in [6, 6.07) is 6.33. The van der Waals surface area contributed by atoms with Crippen molar-refractivity contribution in [3.05, 3.63) is 51.7 Å². The summed E-state index contributed by atoms with van der Waals surface area (Å²) >= 11 is 1.64. The van der Waals surface area contributed by atoms with Crippen LogP contribution in [0, 0.1) is 12.7 Å². The van der Waals surface area contributed by atoms with E-state index in [9.17, 15) is 4.39 Å². The number of aromatic nitrogens is 1. The molecule has 1 unspecified atom stereocenters. The van der Waals surface area contributed by atoms with Gasteiger partial charge in [-0.15, -0.1) is 35.3 Å². The summed E-state index contributed by atoms with van der Waals surface area (Å²) in [5.74, 6) is 0.449. The van der Waals surface area contributed by atoms with Crippen molar-refractivity contribution in [1.29, 1.82) is 0 Å². The van der Waals surface area contributed by atoms with Crippen LogP contribution in [0.2, 0.25) is 0 Å². The summed E-state index contributed by atoms with van der Waals surface area (Å²) in [5, 5.41) is 7.44. The average Bonchev–Trinajstić information content (AvgIpc) is 3.00. The molecular weight excluding hydrogens is 454 g/mol. The summed E-state index contributed by atoms with van der Waals surface area (Å²) in [7, 11) is 1.64. The number of aliphatic imine (C=N–C) groups is 1. The Hall–Kier alpha value is -1.26. The van der Waals surface area contributed by atoms with Gasteiger partial charge in [-0.25, -0.2) is 14.4 Å². The molecule has 0 fully saturated rings. The standard InChI is InChI=1S/C17H23FN4OS.HI/c1-4-19-17(22-11-16-20-9-12(2)24-16)21-10-15(23-3)13-5-7-14(18)8-6-13;/h5-9,15H,4,10-11H2,1-3H3,(H2,19,21,22);1H. The van der Waals surface area contributed by atoms with Crippen LogP contribution in [0.15, 0.2) is 35.5 Å². The highest BCUT2D eigenvalue weighted by Gasteiger charge is 2.11. The molecule has 8 heteroatoms. The van der Waals surface area contributed by atoms with Gasteiger partial charge in [-0.1, -0.05) is 12.1 Å². The highest BCUT2D eigenvalue weighted by atomic mass is 127. The van der Waals surface area contributed by atoms with Gasteiger partial charge in [0.25, 0.3) is 0 Å². The first-order valence-electron chi connectivity index (χ1n) is 7.84. The van der Waals surface area contributed by atoms with Crippen LogP contribution in [0.5, 0.6) is 0 Å². The molecule has 1 atom stereocenters. The summed E-state index contributed by atoms with van der Waals surface area (Å²) < 4.78 is 18.5. The first-order valence-corrected chi connectivity index (χ1v) is 8.65. The minimum absolute atomic E-state index is 0. The van der Waals surface area contributed by atoms with Crippen LogP contribution in [0.4, 0.5) is 4.39 Å². The van der Waals surface area contributed by atoms with E-state index >= 15 is 0 Å². The van der Waals surface area contributed by atoms with Gasteiger partial charge in [-0.3, -0.25) is 0 Å². The minimum atomic E-state index is -0.254. The topological polar surface area (TPSA) is 58.5 Å². The molecule has 0 amide bonds. The predicted molar refractivity (Wildman–Crippen MR) is 111 cm³/mol. The number of nitrogens with zero attached hydrogens (tertiary/aromatic N) is 2. The maximum atomic E-state index is 13.0. The minimum Gasteiger partial charge on any atom is -0.375 e. The fourth-order valence-corrected chi connectivity index (χ4v) is 2.88. The number of guanidine groups is 1. The summed E-state index contributed by atoms with van der Waals surface area (Å²) in [6.45, 7) is 5.86. The van der Waals surface area contributed by atoms with E-state index in [4.69, 9.17) is 4.74 Å². The number of benzene rings is 1. The number of halogens is 2. The Kier molecular flexibility index (Phi) is 9.91. The Morgan fingerprint density at radius 1 is 1.32 bits per heavy atom. The van der Waals surface area contributed by atoms with Crippen molar-refractivity contribution in [3.63, 3.8) is 0 Å². The molecule has 5 nitrogen and oxygen atoms in total. The molecule has 0 saturated carbocycles. The van der Waals surface area contributed by atoms with Gasteiger partial charge in [-0.2, -0.15) is 0 Å². The highest BCUT2D eigenvalue weighted by Crippen LogP contribution is 2.16. The van der Waals surface area contributed by atoms with Crippen LogP contribution in [-0.2, 0) is 11.3 Å². The van der Waals surface area contributed by atoms with Gasteiger partial charge in [0.2, 0.25) is 0 Å². The normalized spacial score (nSPS) is 12.4. The number of hydrogen-bond donors (Lipinski definition) is 2. The number of methoxy groups -OCH3 is 1. The lowest BCUT2D eigenvalue weighted by molar-refractivity contribution is 0.106. The fraction of sp³-hybridized carbons (Fsp3) is 0.412. The second-order valence-corrected chi connectivity index (χ2v) is 6.54. The molecule has 138 valence electrons. The molecule has 1 aromatic heterocycles. The van der Waals surface area contributed by atoms with Gasteiger partial charge in [0, 0.05) is 31.3 Å². The third-order valence-electron chi connectivity index (χ3n) is 3.37. The van der Waals surface area contributed by atoms with E-state index in [2.05, 4.69) is 20.6 Å². The van der Waals surface area contributed by atoms with Gasteiger partial charge in [-0.05, 0) is 31.5 Å². The quantitative estimate of drug-likeness (QED) is 0.363. The molecule has 0 radical (unpaired) electrons. The Balaban J connectivity index is 0.00000312. The van der Waals surface area contributed by atoms with Gasteiger partial charge in [0.1, 0.15) is 10.8 Å². The molecule has 0 aliphatic heterocycles. The van der Waals surface area contributed by atoms with Crippen molar-refractivity contribution in [2.24, 2.45) is 4.99 Å². The molecule has 1 heterocycles. The number of aryl methyl sites for hydroxylation is 1. The largest absolute Gasteiger partial charge is 0.375 e. The van der Waals surface area contributed by atoms with E-state index in [0.717, 1.165) is 17.1 Å². The average molecular weight is 478 g/mol. The molecule has 0 spiro atoms. The lowest BCUT2D eigenvalue weighted by Gasteiger charge is -2.18. The number of nitrogens with one attached hydrogen (secondary N) is 2. The van der Waals surface area contributed by atoms with Gasteiger partial charge in [0.15, 0.2) is 5.96 Å². The second kappa shape index (κ2) is 11.4. The molecule has 0 saturated heterocycles. The smallest absolute Gasteiger partial charge is 0.191 e. The number of ether oxygens (including phenoxy) is 1. The van der Waals surface area contributed by atoms with Gasteiger partial charge >= 0.3 is 0 Å². The van der Waals surface area contributed by atoms with Crippen molar-refractivity contribution < 1.29 is 9.13 Å². The molecule has 0 aliphatic carbocycles. The molecule has 0 bridgehead atoms. The number of thiazole rings is 1. The van der Waals surface area contributed by atoms with E-state index in [-0.39, 0.29) is 35.9 Å². The zero-order chi connectivity index (χ0) is 17.4. The Bertz CT molecular complexity index is 663. The van der Waals surface area contributed by atoms with Crippen LogP contribution >= 0.6 is 35.3 Å². The summed E-state index contributed by atoms with van der Waals surface area (Å²) in [6.07, 6.45) is 1.67. The molecule has 2 aromatic rings. The second-order valence-electron chi connectivity index (χ2n) is 5.22. The van der Waals surface area contributed by atoms with Crippen LogP contribution in [0.1, 0.15) is 28.5 Å². The first-order chi connectivity index (χ1) is 11.6. The van der Waals surface area contributed by atoms with Crippen molar-refractivity contribution in [2.45, 2.75) is 26.5 Å². The Morgan fingerprint density at radius 3 is 2.60 bits per heavy atom. The van der Waals surface area contributed by atoms with Crippen molar-refractivity contribution in [1.82, 2.24) is 15.6 Å². The van der Waals surface area contributed by atoms with E-state index in [0.29, 0.717) is 19.0 Å². The predicted octanol–water partition coefficient (Wildman–Crippen LogP) is 3.65. The Labute approximate surface area is 169 Å². The monoisotopic (exact) mass is 478 g/mol. The zero-order valence-electron chi connectivity index (χ0n) is 14.6. The lowest BCUT2D eigenvalue weighted by atomic mass is 10.1.